The quantitative estimate of drug-likeness (QED) is 0.164. The summed E-state index contributed by atoms with van der Waals surface area (Å²) in [5, 5.41) is 20.1. The topological polar surface area (TPSA) is 52.9 Å². The van der Waals surface area contributed by atoms with Crippen LogP contribution in [0.5, 0.6) is 0 Å². The molecule has 4 nitrogen and oxygen atoms in total. The zero-order valence-corrected chi connectivity index (χ0v) is 20.8. The Morgan fingerprint density at radius 2 is 1.29 bits per heavy atom. The van der Waals surface area contributed by atoms with Gasteiger partial charge in [-0.15, -0.1) is 0 Å². The standard InChI is InChI=1S/C27H53NO3/c1-3-5-7-8-9-10-11-12-13-14-15-16-17-18-19-20-22-31-24-25-27(30)26(29)23-28(25)21-6-4-2/h12-13,25-27,29-30H,3-11,14-24H2,1-2H3/b13-12-/t25-,26+,27-/m1/s1. The van der Waals surface area contributed by atoms with Crippen molar-refractivity contribution >= 4 is 0 Å². The van der Waals surface area contributed by atoms with Gasteiger partial charge in [0.15, 0.2) is 0 Å². The third-order valence-electron chi connectivity index (χ3n) is 6.57. The molecule has 0 radical (unpaired) electrons. The van der Waals surface area contributed by atoms with Gasteiger partial charge < -0.3 is 14.9 Å². The number of ether oxygens (including phenoxy) is 1. The SMILES string of the molecule is CCCCCCCC/C=C\CCCCCCCCOC[C@@H]1[C@@H](O)[C@@H](O)CN1CCCC. The van der Waals surface area contributed by atoms with E-state index in [2.05, 4.69) is 30.9 Å². The van der Waals surface area contributed by atoms with E-state index in [-0.39, 0.29) is 6.04 Å². The van der Waals surface area contributed by atoms with E-state index >= 15 is 0 Å². The highest BCUT2D eigenvalue weighted by atomic mass is 16.5. The van der Waals surface area contributed by atoms with Crippen molar-refractivity contribution in [3.05, 3.63) is 12.2 Å². The molecule has 0 aliphatic carbocycles. The molecule has 184 valence electrons. The van der Waals surface area contributed by atoms with Crippen molar-refractivity contribution in [1.82, 2.24) is 4.90 Å². The maximum atomic E-state index is 10.2. The summed E-state index contributed by atoms with van der Waals surface area (Å²) in [4.78, 5) is 2.20. The number of aliphatic hydroxyl groups excluding tert-OH is 2. The van der Waals surface area contributed by atoms with Gasteiger partial charge in [0, 0.05) is 13.2 Å². The second kappa shape index (κ2) is 20.2. The van der Waals surface area contributed by atoms with Crippen LogP contribution in [0.1, 0.15) is 117 Å². The van der Waals surface area contributed by atoms with Crippen LogP contribution in [0.15, 0.2) is 12.2 Å². The molecule has 1 saturated heterocycles. The molecule has 1 heterocycles. The van der Waals surface area contributed by atoms with Crippen molar-refractivity contribution in [3.8, 4) is 0 Å². The van der Waals surface area contributed by atoms with Crippen LogP contribution in [0, 0.1) is 0 Å². The molecule has 0 aromatic carbocycles. The molecule has 3 atom stereocenters. The van der Waals surface area contributed by atoms with Crippen LogP contribution in [-0.2, 0) is 4.74 Å². The van der Waals surface area contributed by atoms with Gasteiger partial charge in [-0.05, 0) is 45.1 Å². The fraction of sp³-hybridized carbons (Fsp3) is 0.926. The minimum atomic E-state index is -0.670. The van der Waals surface area contributed by atoms with E-state index in [0.29, 0.717) is 13.2 Å². The monoisotopic (exact) mass is 439 g/mol. The zero-order chi connectivity index (χ0) is 22.6. The average molecular weight is 440 g/mol. The first-order chi connectivity index (χ1) is 15.2. The minimum absolute atomic E-state index is 0.0457. The van der Waals surface area contributed by atoms with Crippen LogP contribution in [0.2, 0.25) is 0 Å². The summed E-state index contributed by atoms with van der Waals surface area (Å²) in [7, 11) is 0. The molecule has 2 N–H and O–H groups in total. The van der Waals surface area contributed by atoms with Crippen LogP contribution >= 0.6 is 0 Å². The molecular weight excluding hydrogens is 386 g/mol. The van der Waals surface area contributed by atoms with E-state index in [1.165, 1.54) is 83.5 Å². The maximum absolute atomic E-state index is 10.2. The smallest absolute Gasteiger partial charge is 0.0988 e. The Morgan fingerprint density at radius 1 is 0.742 bits per heavy atom. The van der Waals surface area contributed by atoms with Crippen molar-refractivity contribution < 1.29 is 14.9 Å². The Hall–Kier alpha value is -0.420. The Labute approximate surface area is 193 Å². The van der Waals surface area contributed by atoms with Gasteiger partial charge >= 0.3 is 0 Å². The molecular formula is C27H53NO3. The number of allylic oxidation sites excluding steroid dienone is 2. The predicted octanol–water partition coefficient (Wildman–Crippen LogP) is 6.25. The van der Waals surface area contributed by atoms with Crippen molar-refractivity contribution in [2.75, 3.05) is 26.3 Å². The minimum Gasteiger partial charge on any atom is -0.389 e. The van der Waals surface area contributed by atoms with Gasteiger partial charge in [-0.25, -0.2) is 0 Å². The number of nitrogens with zero attached hydrogens (tertiary/aromatic N) is 1. The van der Waals surface area contributed by atoms with Crippen molar-refractivity contribution in [2.24, 2.45) is 0 Å². The van der Waals surface area contributed by atoms with Gasteiger partial charge in [0.05, 0.1) is 24.9 Å². The van der Waals surface area contributed by atoms with Crippen LogP contribution < -0.4 is 0 Å². The average Bonchev–Trinajstić information content (AvgIpc) is 3.04. The van der Waals surface area contributed by atoms with Crippen molar-refractivity contribution in [2.45, 2.75) is 135 Å². The molecule has 1 aliphatic rings. The molecule has 31 heavy (non-hydrogen) atoms. The third kappa shape index (κ3) is 14.4. The number of β-amino-alcohol motifs (C(OH)–C–C–N with tert-alkyl or cyclic N) is 1. The van der Waals surface area contributed by atoms with E-state index in [9.17, 15) is 10.2 Å². The van der Waals surface area contributed by atoms with Crippen molar-refractivity contribution in [3.63, 3.8) is 0 Å². The van der Waals surface area contributed by atoms with Crippen LogP contribution in [0.3, 0.4) is 0 Å². The molecule has 0 amide bonds. The normalized spacial score (nSPS) is 22.1. The second-order valence-electron chi connectivity index (χ2n) is 9.49. The first-order valence-corrected chi connectivity index (χ1v) is 13.5. The molecule has 1 rings (SSSR count). The molecule has 1 fully saturated rings. The third-order valence-corrected chi connectivity index (χ3v) is 6.57. The van der Waals surface area contributed by atoms with Gasteiger partial charge in [0.1, 0.15) is 0 Å². The van der Waals surface area contributed by atoms with Gasteiger partial charge in [-0.2, -0.15) is 0 Å². The molecule has 0 unspecified atom stereocenters. The van der Waals surface area contributed by atoms with E-state index in [1.807, 2.05) is 0 Å². The highest BCUT2D eigenvalue weighted by molar-refractivity contribution is 4.93. The molecule has 0 bridgehead atoms. The summed E-state index contributed by atoms with van der Waals surface area (Å²) in [6.45, 7) is 7.25. The van der Waals surface area contributed by atoms with Gasteiger partial charge in [-0.1, -0.05) is 90.2 Å². The van der Waals surface area contributed by atoms with Crippen LogP contribution in [0.25, 0.3) is 0 Å². The van der Waals surface area contributed by atoms with E-state index in [0.717, 1.165) is 32.4 Å². The Morgan fingerprint density at radius 3 is 1.90 bits per heavy atom. The fourth-order valence-electron chi connectivity index (χ4n) is 4.43. The van der Waals surface area contributed by atoms with E-state index in [4.69, 9.17) is 4.74 Å². The zero-order valence-electron chi connectivity index (χ0n) is 20.8. The summed E-state index contributed by atoms with van der Waals surface area (Å²) in [5.41, 5.74) is 0. The first kappa shape index (κ1) is 28.6. The maximum Gasteiger partial charge on any atom is 0.0988 e. The second-order valence-corrected chi connectivity index (χ2v) is 9.49. The Kier molecular flexibility index (Phi) is 18.6. The lowest BCUT2D eigenvalue weighted by atomic mass is 10.1. The molecule has 0 saturated carbocycles. The molecule has 1 aliphatic heterocycles. The lowest BCUT2D eigenvalue weighted by Crippen LogP contribution is -2.40. The summed E-state index contributed by atoms with van der Waals surface area (Å²) < 4.78 is 5.84. The summed E-state index contributed by atoms with van der Waals surface area (Å²) >= 11 is 0. The number of likely N-dealkylation sites (tertiary alicyclic amines) is 1. The largest absolute Gasteiger partial charge is 0.389 e. The van der Waals surface area contributed by atoms with Crippen LogP contribution in [0.4, 0.5) is 0 Å². The van der Waals surface area contributed by atoms with E-state index in [1.54, 1.807) is 0 Å². The molecule has 0 spiro atoms. The number of rotatable bonds is 21. The predicted molar refractivity (Wildman–Crippen MR) is 133 cm³/mol. The van der Waals surface area contributed by atoms with Gasteiger partial charge in [0.25, 0.3) is 0 Å². The first-order valence-electron chi connectivity index (χ1n) is 13.5. The van der Waals surface area contributed by atoms with E-state index < -0.39 is 12.2 Å². The fourth-order valence-corrected chi connectivity index (χ4v) is 4.43. The highest BCUT2D eigenvalue weighted by Crippen LogP contribution is 2.20. The van der Waals surface area contributed by atoms with Gasteiger partial charge in [-0.3, -0.25) is 4.90 Å². The summed E-state index contributed by atoms with van der Waals surface area (Å²) in [5.74, 6) is 0. The lowest BCUT2D eigenvalue weighted by molar-refractivity contribution is 0.00168. The number of hydrogen-bond acceptors (Lipinski definition) is 4. The summed E-state index contributed by atoms with van der Waals surface area (Å²) in [6, 6.07) is -0.0457. The van der Waals surface area contributed by atoms with Crippen molar-refractivity contribution in [1.29, 1.82) is 0 Å². The molecule has 0 aromatic heterocycles. The Balaban J connectivity index is 1.87. The Bertz CT molecular complexity index is 415. The van der Waals surface area contributed by atoms with Gasteiger partial charge in [0.2, 0.25) is 0 Å². The highest BCUT2D eigenvalue weighted by Gasteiger charge is 2.39. The molecule has 0 aromatic rings. The lowest BCUT2D eigenvalue weighted by Gasteiger charge is -2.25. The summed E-state index contributed by atoms with van der Waals surface area (Å²) in [6.07, 6.45) is 24.1. The molecule has 4 heteroatoms. The number of unbranched alkanes of at least 4 members (excludes halogenated alkanes) is 13. The number of aliphatic hydroxyl groups is 2. The van der Waals surface area contributed by atoms with Crippen LogP contribution in [-0.4, -0.2) is 59.7 Å². The number of hydrogen-bond donors (Lipinski definition) is 2.